The Morgan fingerprint density at radius 3 is 2.78 bits per heavy atom. The lowest BCUT2D eigenvalue weighted by Crippen LogP contribution is -2.55. The van der Waals surface area contributed by atoms with Crippen LogP contribution in [0.3, 0.4) is 0 Å². The molecule has 0 aliphatic carbocycles. The minimum atomic E-state index is -0.816. The molecule has 0 radical (unpaired) electrons. The Labute approximate surface area is 107 Å². The van der Waals surface area contributed by atoms with E-state index in [0.717, 1.165) is 32.6 Å². The van der Waals surface area contributed by atoms with Gasteiger partial charge in [-0.2, -0.15) is 5.26 Å². The number of amides is 1. The lowest BCUT2D eigenvalue weighted by Gasteiger charge is -2.40. The van der Waals surface area contributed by atoms with E-state index in [4.69, 9.17) is 4.74 Å². The number of hydrogen-bond acceptors (Lipinski definition) is 4. The molecule has 2 unspecified atom stereocenters. The van der Waals surface area contributed by atoms with E-state index < -0.39 is 5.41 Å². The molecule has 5 nitrogen and oxygen atoms in total. The van der Waals surface area contributed by atoms with Gasteiger partial charge in [0.1, 0.15) is 5.41 Å². The number of nitrogens with zero attached hydrogens (tertiary/aromatic N) is 3. The van der Waals surface area contributed by atoms with Crippen molar-refractivity contribution in [3.05, 3.63) is 0 Å². The predicted molar refractivity (Wildman–Crippen MR) is 64.7 cm³/mol. The fourth-order valence-corrected chi connectivity index (χ4v) is 3.34. The molecule has 0 aromatic rings. The van der Waals surface area contributed by atoms with Crippen molar-refractivity contribution in [1.29, 1.82) is 5.26 Å². The van der Waals surface area contributed by atoms with Gasteiger partial charge in [0.15, 0.2) is 0 Å². The summed E-state index contributed by atoms with van der Waals surface area (Å²) in [5.41, 5.74) is -0.816. The van der Waals surface area contributed by atoms with Crippen LogP contribution in [0.5, 0.6) is 0 Å². The molecule has 2 atom stereocenters. The number of fused-ring (bicyclic) bond motifs is 2. The van der Waals surface area contributed by atoms with Crippen LogP contribution in [0.15, 0.2) is 0 Å². The fourth-order valence-electron chi connectivity index (χ4n) is 3.34. The molecular weight excluding hydrogens is 230 g/mol. The molecule has 3 saturated heterocycles. The summed E-state index contributed by atoms with van der Waals surface area (Å²) in [6, 6.07) is 2.62. The second kappa shape index (κ2) is 4.52. The summed E-state index contributed by atoms with van der Waals surface area (Å²) >= 11 is 0. The number of piperazine rings is 1. The summed E-state index contributed by atoms with van der Waals surface area (Å²) in [4.78, 5) is 17.1. The lowest BCUT2D eigenvalue weighted by atomic mass is 9.80. The second-order valence-corrected chi connectivity index (χ2v) is 5.55. The first-order valence-electron chi connectivity index (χ1n) is 6.78. The number of carbonyl (C=O) groups excluding carboxylic acids is 1. The van der Waals surface area contributed by atoms with E-state index in [1.165, 1.54) is 0 Å². The molecule has 0 N–H and O–H groups in total. The minimum absolute atomic E-state index is 0.0554. The zero-order valence-corrected chi connectivity index (χ0v) is 10.6. The van der Waals surface area contributed by atoms with Crippen molar-refractivity contribution in [3.63, 3.8) is 0 Å². The zero-order valence-electron chi connectivity index (χ0n) is 10.6. The van der Waals surface area contributed by atoms with E-state index in [9.17, 15) is 10.1 Å². The summed E-state index contributed by atoms with van der Waals surface area (Å²) in [5, 5.41) is 9.45. The minimum Gasteiger partial charge on any atom is -0.381 e. The molecule has 3 heterocycles. The van der Waals surface area contributed by atoms with Gasteiger partial charge in [0.25, 0.3) is 0 Å². The Morgan fingerprint density at radius 1 is 1.28 bits per heavy atom. The number of nitriles is 1. The smallest absolute Gasteiger partial charge is 0.243 e. The molecule has 3 aliphatic rings. The molecule has 0 aromatic carbocycles. The first-order valence-corrected chi connectivity index (χ1v) is 6.78. The highest BCUT2D eigenvalue weighted by Gasteiger charge is 2.46. The molecule has 3 fully saturated rings. The normalized spacial score (nSPS) is 34.1. The third-order valence-electron chi connectivity index (χ3n) is 4.58. The number of rotatable bonds is 1. The molecule has 0 spiro atoms. The van der Waals surface area contributed by atoms with Gasteiger partial charge in [-0.15, -0.1) is 0 Å². The van der Waals surface area contributed by atoms with E-state index in [1.807, 2.05) is 4.90 Å². The Balaban J connectivity index is 1.78. The van der Waals surface area contributed by atoms with Crippen LogP contribution in [0.1, 0.15) is 19.3 Å². The van der Waals surface area contributed by atoms with Crippen LogP contribution < -0.4 is 0 Å². The van der Waals surface area contributed by atoms with Crippen LogP contribution in [-0.4, -0.2) is 61.1 Å². The number of hydrogen-bond donors (Lipinski definition) is 0. The van der Waals surface area contributed by atoms with Crippen LogP contribution in [-0.2, 0) is 9.53 Å². The van der Waals surface area contributed by atoms with Gasteiger partial charge in [-0.3, -0.25) is 9.69 Å². The van der Waals surface area contributed by atoms with Crippen LogP contribution in [0.4, 0.5) is 0 Å². The van der Waals surface area contributed by atoms with Crippen molar-refractivity contribution in [2.75, 3.05) is 39.4 Å². The standard InChI is InChI=1S/C13H19N3O2/c14-10-13(2-7-18-8-3-13)12(17)16-6-5-15-4-1-11(16)9-15/h11H,1-9H2. The molecule has 3 aliphatic heterocycles. The van der Waals surface area contributed by atoms with Gasteiger partial charge >= 0.3 is 0 Å². The molecule has 98 valence electrons. The topological polar surface area (TPSA) is 56.6 Å². The lowest BCUT2D eigenvalue weighted by molar-refractivity contribution is -0.146. The van der Waals surface area contributed by atoms with Crippen molar-refractivity contribution >= 4 is 5.91 Å². The Kier molecular flexibility index (Phi) is 3.00. The predicted octanol–water partition coefficient (Wildman–Crippen LogP) is 0.223. The third-order valence-corrected chi connectivity index (χ3v) is 4.58. The van der Waals surface area contributed by atoms with Gasteiger partial charge in [0.05, 0.1) is 6.07 Å². The van der Waals surface area contributed by atoms with Gasteiger partial charge in [0.2, 0.25) is 5.91 Å². The monoisotopic (exact) mass is 249 g/mol. The van der Waals surface area contributed by atoms with E-state index in [0.29, 0.717) is 32.1 Å². The maximum absolute atomic E-state index is 12.7. The third kappa shape index (κ3) is 1.80. The van der Waals surface area contributed by atoms with Crippen molar-refractivity contribution in [2.45, 2.75) is 25.3 Å². The highest BCUT2D eigenvalue weighted by molar-refractivity contribution is 5.86. The molecule has 2 bridgehead atoms. The van der Waals surface area contributed by atoms with E-state index >= 15 is 0 Å². The van der Waals surface area contributed by atoms with Crippen LogP contribution in [0, 0.1) is 16.7 Å². The van der Waals surface area contributed by atoms with Crippen molar-refractivity contribution in [1.82, 2.24) is 9.80 Å². The van der Waals surface area contributed by atoms with Crippen LogP contribution in [0.25, 0.3) is 0 Å². The SMILES string of the molecule is N#CC1(C(=O)N2CCN3CCC2C3)CCOCC1. The quantitative estimate of drug-likeness (QED) is 0.667. The van der Waals surface area contributed by atoms with E-state index in [2.05, 4.69) is 11.0 Å². The Hall–Kier alpha value is -1.12. The fraction of sp³-hybridized carbons (Fsp3) is 0.846. The summed E-state index contributed by atoms with van der Waals surface area (Å²) in [7, 11) is 0. The first kappa shape index (κ1) is 11.9. The maximum atomic E-state index is 12.7. The van der Waals surface area contributed by atoms with Gasteiger partial charge < -0.3 is 9.64 Å². The maximum Gasteiger partial charge on any atom is 0.243 e. The molecule has 0 saturated carbocycles. The first-order chi connectivity index (χ1) is 8.75. The van der Waals surface area contributed by atoms with Crippen LogP contribution in [0.2, 0.25) is 0 Å². The van der Waals surface area contributed by atoms with Crippen molar-refractivity contribution in [2.24, 2.45) is 5.41 Å². The highest BCUT2D eigenvalue weighted by Crippen LogP contribution is 2.34. The molecule has 1 amide bonds. The van der Waals surface area contributed by atoms with Gasteiger partial charge in [0, 0.05) is 45.4 Å². The highest BCUT2D eigenvalue weighted by atomic mass is 16.5. The van der Waals surface area contributed by atoms with Gasteiger partial charge in [-0.1, -0.05) is 0 Å². The molecule has 18 heavy (non-hydrogen) atoms. The number of carbonyl (C=O) groups is 1. The van der Waals surface area contributed by atoms with E-state index in [-0.39, 0.29) is 5.91 Å². The second-order valence-electron chi connectivity index (χ2n) is 5.55. The zero-order chi connectivity index (χ0) is 12.6. The Morgan fingerprint density at radius 2 is 2.06 bits per heavy atom. The van der Waals surface area contributed by atoms with Gasteiger partial charge in [-0.25, -0.2) is 0 Å². The summed E-state index contributed by atoms with van der Waals surface area (Å²) < 4.78 is 5.30. The van der Waals surface area contributed by atoms with Gasteiger partial charge in [-0.05, 0) is 19.3 Å². The summed E-state index contributed by atoms with van der Waals surface area (Å²) in [6.45, 7) is 4.89. The van der Waals surface area contributed by atoms with Crippen LogP contribution >= 0.6 is 0 Å². The average Bonchev–Trinajstić information content (AvgIpc) is 2.81. The van der Waals surface area contributed by atoms with Crippen molar-refractivity contribution in [3.8, 4) is 6.07 Å². The Bertz CT molecular complexity index is 384. The average molecular weight is 249 g/mol. The molecule has 5 heteroatoms. The van der Waals surface area contributed by atoms with E-state index in [1.54, 1.807) is 0 Å². The molecule has 0 aromatic heterocycles. The van der Waals surface area contributed by atoms with Crippen molar-refractivity contribution < 1.29 is 9.53 Å². The summed E-state index contributed by atoms with van der Waals surface area (Å²) in [5.74, 6) is 0.0554. The molecular formula is C13H19N3O2. The molecule has 3 rings (SSSR count). The number of ether oxygens (including phenoxy) is 1. The summed E-state index contributed by atoms with van der Waals surface area (Å²) in [6.07, 6.45) is 2.16. The largest absolute Gasteiger partial charge is 0.381 e.